The van der Waals surface area contributed by atoms with Crippen LogP contribution in [0.2, 0.25) is 0 Å². The molecule has 0 saturated carbocycles. The Balaban J connectivity index is 2.01. The molecule has 0 aliphatic carbocycles. The van der Waals surface area contributed by atoms with Gasteiger partial charge in [0.25, 0.3) is 11.2 Å². The molecular weight excluding hydrogens is 332 g/mol. The van der Waals surface area contributed by atoms with Crippen LogP contribution in [-0.2, 0) is 0 Å². The van der Waals surface area contributed by atoms with Gasteiger partial charge in [0.05, 0.1) is 10.6 Å². The van der Waals surface area contributed by atoms with E-state index < -0.39 is 4.92 Å². The zero-order valence-corrected chi connectivity index (χ0v) is 13.4. The van der Waals surface area contributed by atoms with Crippen LogP contribution in [0.5, 0.6) is 0 Å². The summed E-state index contributed by atoms with van der Waals surface area (Å²) in [6.45, 7) is 0. The average molecular weight is 344 g/mol. The van der Waals surface area contributed by atoms with Crippen LogP contribution in [0, 0.1) is 10.1 Å². The van der Waals surface area contributed by atoms with Crippen LogP contribution in [0.1, 0.15) is 0 Å². The van der Waals surface area contributed by atoms with Gasteiger partial charge < -0.3 is 0 Å². The first-order valence-electron chi connectivity index (χ1n) is 7.83. The fraction of sp³-hybridized carbons (Fsp3) is 0. The van der Waals surface area contributed by atoms with Gasteiger partial charge >= 0.3 is 0 Å². The number of non-ortho nitro benzene ring substituents is 1. The minimum absolute atomic E-state index is 0.0501. The van der Waals surface area contributed by atoms with Gasteiger partial charge in [-0.3, -0.25) is 14.9 Å². The molecule has 2 heterocycles. The second-order valence-electron chi connectivity index (χ2n) is 5.65. The Morgan fingerprint density at radius 1 is 0.885 bits per heavy atom. The van der Waals surface area contributed by atoms with Crippen molar-refractivity contribution in [3.63, 3.8) is 0 Å². The maximum absolute atomic E-state index is 11.7. The predicted octanol–water partition coefficient (Wildman–Crippen LogP) is 3.31. The molecule has 0 atom stereocenters. The smallest absolute Gasteiger partial charge is 0.267 e. The molecule has 7 heteroatoms. The maximum atomic E-state index is 11.7. The van der Waals surface area contributed by atoms with E-state index in [9.17, 15) is 14.9 Å². The van der Waals surface area contributed by atoms with E-state index in [1.807, 2.05) is 30.3 Å². The van der Waals surface area contributed by atoms with Crippen LogP contribution in [0.25, 0.3) is 28.2 Å². The van der Waals surface area contributed by atoms with Crippen molar-refractivity contribution in [2.45, 2.75) is 0 Å². The van der Waals surface area contributed by atoms with E-state index in [1.54, 1.807) is 29.1 Å². The first-order valence-corrected chi connectivity index (χ1v) is 7.83. The first kappa shape index (κ1) is 15.6. The third-order valence-electron chi connectivity index (χ3n) is 3.95. The molecule has 0 fully saturated rings. The molecule has 0 saturated heterocycles. The SMILES string of the molecule is O=c1ccc2cn(-c3ccccc3)nc(-c3cccc([N+](=O)[O-])c3)c-2n1. The molecule has 2 aromatic rings. The second kappa shape index (κ2) is 6.21. The zero-order valence-electron chi connectivity index (χ0n) is 13.4. The molecule has 0 N–H and O–H groups in total. The predicted molar refractivity (Wildman–Crippen MR) is 96.3 cm³/mol. The van der Waals surface area contributed by atoms with Crippen LogP contribution >= 0.6 is 0 Å². The van der Waals surface area contributed by atoms with E-state index >= 15 is 0 Å². The number of nitrogens with zero attached hydrogens (tertiary/aromatic N) is 4. The standard InChI is InChI=1S/C19H12N4O3/c24-17-10-9-14-12-22(15-6-2-1-3-7-15)21-19(18(14)20-17)13-5-4-8-16(11-13)23(25)26/h1-12H. The summed E-state index contributed by atoms with van der Waals surface area (Å²) in [7, 11) is 0. The summed E-state index contributed by atoms with van der Waals surface area (Å²) in [5.41, 5.74) is 2.44. The summed E-state index contributed by atoms with van der Waals surface area (Å²) >= 11 is 0. The topological polar surface area (TPSA) is 90.9 Å². The Hall–Kier alpha value is -3.87. The summed E-state index contributed by atoms with van der Waals surface area (Å²) in [6.07, 6.45) is 1.78. The molecule has 126 valence electrons. The molecule has 26 heavy (non-hydrogen) atoms. The lowest BCUT2D eigenvalue weighted by Gasteiger charge is -2.14. The van der Waals surface area contributed by atoms with Gasteiger partial charge in [-0.25, -0.2) is 9.67 Å². The molecule has 0 amide bonds. The lowest BCUT2D eigenvalue weighted by atomic mass is 10.0. The largest absolute Gasteiger partial charge is 0.270 e. The maximum Gasteiger partial charge on any atom is 0.270 e. The molecule has 0 bridgehead atoms. The summed E-state index contributed by atoms with van der Waals surface area (Å²) in [5.74, 6) is 0. The highest BCUT2D eigenvalue weighted by Gasteiger charge is 2.18. The number of hydrogen-bond donors (Lipinski definition) is 0. The van der Waals surface area contributed by atoms with E-state index in [4.69, 9.17) is 0 Å². The van der Waals surface area contributed by atoms with Crippen LogP contribution < -0.4 is 5.56 Å². The number of nitro groups is 1. The van der Waals surface area contributed by atoms with Crippen molar-refractivity contribution in [1.29, 1.82) is 0 Å². The lowest BCUT2D eigenvalue weighted by Crippen LogP contribution is -2.11. The van der Waals surface area contributed by atoms with Crippen molar-refractivity contribution in [2.24, 2.45) is 0 Å². The van der Waals surface area contributed by atoms with E-state index in [2.05, 4.69) is 10.1 Å². The third-order valence-corrected chi connectivity index (χ3v) is 3.95. The van der Waals surface area contributed by atoms with Gasteiger partial charge in [0.1, 0.15) is 11.4 Å². The Bertz CT molecular complexity index is 1140. The Kier molecular flexibility index (Phi) is 3.74. The zero-order chi connectivity index (χ0) is 18.1. The molecule has 0 unspecified atom stereocenters. The highest BCUT2D eigenvalue weighted by molar-refractivity contribution is 5.79. The third kappa shape index (κ3) is 2.82. The fourth-order valence-electron chi connectivity index (χ4n) is 2.74. The first-order chi connectivity index (χ1) is 12.6. The molecule has 0 spiro atoms. The van der Waals surface area contributed by atoms with Crippen LogP contribution in [0.3, 0.4) is 0 Å². The van der Waals surface area contributed by atoms with Crippen LogP contribution in [0.15, 0.2) is 77.7 Å². The number of hydrogen-bond acceptors (Lipinski definition) is 5. The Labute approximate surface area is 147 Å². The Morgan fingerprint density at radius 3 is 2.46 bits per heavy atom. The van der Waals surface area contributed by atoms with Crippen molar-refractivity contribution in [2.75, 3.05) is 0 Å². The number of pyridine rings is 1. The van der Waals surface area contributed by atoms with E-state index in [0.717, 1.165) is 5.69 Å². The van der Waals surface area contributed by atoms with Crippen molar-refractivity contribution in [3.05, 3.63) is 93.4 Å². The van der Waals surface area contributed by atoms with Gasteiger partial charge in [0.15, 0.2) is 0 Å². The van der Waals surface area contributed by atoms with Gasteiger partial charge in [0.2, 0.25) is 0 Å². The van der Waals surface area contributed by atoms with Gasteiger partial charge in [-0.1, -0.05) is 30.3 Å². The van der Waals surface area contributed by atoms with Gasteiger partial charge in [0, 0.05) is 35.5 Å². The average Bonchev–Trinajstić information content (AvgIpc) is 2.68. The lowest BCUT2D eigenvalue weighted by molar-refractivity contribution is -0.384. The highest BCUT2D eigenvalue weighted by Crippen LogP contribution is 2.31. The van der Waals surface area contributed by atoms with Gasteiger partial charge in [-0.15, -0.1) is 0 Å². The van der Waals surface area contributed by atoms with Crippen molar-refractivity contribution < 1.29 is 4.92 Å². The second-order valence-corrected chi connectivity index (χ2v) is 5.65. The monoisotopic (exact) mass is 344 g/mol. The molecule has 4 rings (SSSR count). The number of benzene rings is 2. The molecule has 2 aromatic carbocycles. The number of para-hydroxylation sites is 1. The normalized spacial score (nSPS) is 10.8. The van der Waals surface area contributed by atoms with Crippen molar-refractivity contribution in [3.8, 4) is 28.2 Å². The van der Waals surface area contributed by atoms with Crippen LogP contribution in [-0.4, -0.2) is 19.7 Å². The summed E-state index contributed by atoms with van der Waals surface area (Å²) in [6, 6.07) is 18.7. The fourth-order valence-corrected chi connectivity index (χ4v) is 2.74. The Morgan fingerprint density at radius 2 is 1.69 bits per heavy atom. The van der Waals surface area contributed by atoms with E-state index in [0.29, 0.717) is 22.5 Å². The number of nitro benzene ring substituents is 1. The minimum atomic E-state index is -0.466. The highest BCUT2D eigenvalue weighted by atomic mass is 16.6. The van der Waals surface area contributed by atoms with Gasteiger partial charge in [-0.05, 0) is 18.2 Å². The number of rotatable bonds is 3. The molecule has 0 radical (unpaired) electrons. The van der Waals surface area contributed by atoms with Crippen LogP contribution in [0.4, 0.5) is 5.69 Å². The molecule has 0 aromatic heterocycles. The number of fused-ring (bicyclic) bond motifs is 1. The minimum Gasteiger partial charge on any atom is -0.267 e. The number of aromatic nitrogens is 3. The molecule has 2 aliphatic heterocycles. The summed E-state index contributed by atoms with van der Waals surface area (Å²) < 4.78 is 1.67. The van der Waals surface area contributed by atoms with Crippen molar-refractivity contribution >= 4 is 5.69 Å². The van der Waals surface area contributed by atoms with E-state index in [1.165, 1.54) is 18.2 Å². The van der Waals surface area contributed by atoms with E-state index in [-0.39, 0.29) is 11.2 Å². The quantitative estimate of drug-likeness (QED) is 0.420. The summed E-state index contributed by atoms with van der Waals surface area (Å²) in [4.78, 5) is 26.4. The van der Waals surface area contributed by atoms with Crippen molar-refractivity contribution in [1.82, 2.24) is 14.8 Å². The summed E-state index contributed by atoms with van der Waals surface area (Å²) in [5, 5.41) is 15.7. The molecule has 7 nitrogen and oxygen atoms in total. The van der Waals surface area contributed by atoms with Gasteiger partial charge in [-0.2, -0.15) is 5.10 Å². The molecular formula is C19H12N4O3. The molecule has 2 aliphatic rings.